The van der Waals surface area contributed by atoms with Crippen molar-refractivity contribution < 1.29 is 9.53 Å². The van der Waals surface area contributed by atoms with E-state index in [1.165, 1.54) is 31.3 Å². The van der Waals surface area contributed by atoms with Crippen LogP contribution in [0.5, 0.6) is 0 Å². The highest BCUT2D eigenvalue weighted by atomic mass is 16.6. The van der Waals surface area contributed by atoms with Gasteiger partial charge in [0.2, 0.25) is 0 Å². The lowest BCUT2D eigenvalue weighted by Gasteiger charge is -2.35. The van der Waals surface area contributed by atoms with Crippen molar-refractivity contribution in [1.29, 1.82) is 0 Å². The molecule has 2 aliphatic rings. The van der Waals surface area contributed by atoms with Crippen LogP contribution in [0.3, 0.4) is 0 Å². The van der Waals surface area contributed by atoms with E-state index in [2.05, 4.69) is 25.2 Å². The quantitative estimate of drug-likeness (QED) is 0.795. The van der Waals surface area contributed by atoms with Crippen molar-refractivity contribution in [2.75, 3.05) is 19.6 Å². The van der Waals surface area contributed by atoms with Crippen LogP contribution in [0.1, 0.15) is 66.7 Å². The van der Waals surface area contributed by atoms with E-state index in [-0.39, 0.29) is 6.09 Å². The van der Waals surface area contributed by atoms with Gasteiger partial charge in [0.05, 0.1) is 0 Å². The van der Waals surface area contributed by atoms with Crippen LogP contribution in [-0.2, 0) is 4.74 Å². The van der Waals surface area contributed by atoms with Crippen LogP contribution in [0, 0.1) is 5.41 Å². The fraction of sp³-hybridized carbons (Fsp3) is 0.842. The Morgan fingerprint density at radius 1 is 1.35 bits per heavy atom. The van der Waals surface area contributed by atoms with E-state index in [0.29, 0.717) is 18.0 Å². The summed E-state index contributed by atoms with van der Waals surface area (Å²) in [5, 5.41) is 3.71. The van der Waals surface area contributed by atoms with Gasteiger partial charge in [-0.2, -0.15) is 0 Å². The molecule has 1 heterocycles. The molecule has 0 aromatic rings. The summed E-state index contributed by atoms with van der Waals surface area (Å²) in [6.45, 7) is 12.9. The maximum Gasteiger partial charge on any atom is 0.410 e. The number of nitrogens with one attached hydrogen (secondary N) is 1. The van der Waals surface area contributed by atoms with E-state index in [0.717, 1.165) is 19.5 Å². The normalized spacial score (nSPS) is 22.7. The summed E-state index contributed by atoms with van der Waals surface area (Å²) in [5.41, 5.74) is 1.53. The Bertz CT molecular complexity index is 439. The van der Waals surface area contributed by atoms with E-state index < -0.39 is 5.60 Å². The SMILES string of the molecule is CC1(C)CCC(NCC2=CCN(C(=O)OC(C)(C)C)CC2)CC1. The number of carbonyl (C=O) groups is 1. The van der Waals surface area contributed by atoms with Crippen LogP contribution in [0.2, 0.25) is 0 Å². The second-order valence-electron chi connectivity index (χ2n) is 8.86. The molecule has 4 nitrogen and oxygen atoms in total. The summed E-state index contributed by atoms with van der Waals surface area (Å²) in [7, 11) is 0. The van der Waals surface area contributed by atoms with E-state index in [9.17, 15) is 4.79 Å². The van der Waals surface area contributed by atoms with Gasteiger partial charge in [-0.05, 0) is 58.3 Å². The van der Waals surface area contributed by atoms with Gasteiger partial charge in [0.25, 0.3) is 0 Å². The fourth-order valence-electron chi connectivity index (χ4n) is 3.24. The lowest BCUT2D eigenvalue weighted by molar-refractivity contribution is 0.0265. The van der Waals surface area contributed by atoms with E-state index in [4.69, 9.17) is 4.74 Å². The molecule has 0 aromatic heterocycles. The second kappa shape index (κ2) is 7.25. The van der Waals surface area contributed by atoms with Gasteiger partial charge >= 0.3 is 6.09 Å². The van der Waals surface area contributed by atoms with Crippen LogP contribution >= 0.6 is 0 Å². The Labute approximate surface area is 141 Å². The van der Waals surface area contributed by atoms with E-state index >= 15 is 0 Å². The molecule has 0 aromatic carbocycles. The molecule has 23 heavy (non-hydrogen) atoms. The Kier molecular flexibility index (Phi) is 5.77. The zero-order valence-corrected chi connectivity index (χ0v) is 15.6. The zero-order chi connectivity index (χ0) is 17.1. The highest BCUT2D eigenvalue weighted by Crippen LogP contribution is 2.35. The molecule has 1 N–H and O–H groups in total. The maximum absolute atomic E-state index is 12.0. The molecule has 4 heteroatoms. The molecule has 1 saturated carbocycles. The molecule has 0 saturated heterocycles. The van der Waals surface area contributed by atoms with Crippen molar-refractivity contribution >= 4 is 6.09 Å². The van der Waals surface area contributed by atoms with Gasteiger partial charge < -0.3 is 15.0 Å². The number of nitrogens with zero attached hydrogens (tertiary/aromatic N) is 1. The van der Waals surface area contributed by atoms with Gasteiger partial charge in [-0.1, -0.05) is 25.5 Å². The third kappa shape index (κ3) is 6.17. The maximum atomic E-state index is 12.0. The monoisotopic (exact) mass is 322 g/mol. The summed E-state index contributed by atoms with van der Waals surface area (Å²) in [6, 6.07) is 0.660. The molecule has 0 radical (unpaired) electrons. The molecule has 1 amide bonds. The predicted octanol–water partition coefficient (Wildman–Crippen LogP) is 4.11. The van der Waals surface area contributed by atoms with Crippen LogP contribution < -0.4 is 5.32 Å². The molecule has 0 unspecified atom stereocenters. The molecular weight excluding hydrogens is 288 g/mol. The molecule has 2 rings (SSSR count). The first-order valence-electron chi connectivity index (χ1n) is 9.04. The average molecular weight is 322 g/mol. The predicted molar refractivity (Wildman–Crippen MR) is 94.5 cm³/mol. The standard InChI is InChI=1S/C19H34N2O2/c1-18(2,3)23-17(22)21-12-8-15(9-13-21)14-20-16-6-10-19(4,5)11-7-16/h8,16,20H,6-7,9-14H2,1-5H3. The largest absolute Gasteiger partial charge is 0.444 e. The van der Waals surface area contributed by atoms with Crippen LogP contribution in [0.4, 0.5) is 4.79 Å². The highest BCUT2D eigenvalue weighted by Gasteiger charge is 2.27. The summed E-state index contributed by atoms with van der Waals surface area (Å²) in [5.74, 6) is 0. The van der Waals surface area contributed by atoms with E-state index in [1.807, 2.05) is 20.8 Å². The number of hydrogen-bond acceptors (Lipinski definition) is 3. The van der Waals surface area contributed by atoms with Crippen LogP contribution in [0.25, 0.3) is 0 Å². The van der Waals surface area contributed by atoms with Crippen molar-refractivity contribution in [2.45, 2.75) is 78.4 Å². The Balaban J connectivity index is 1.72. The van der Waals surface area contributed by atoms with Crippen molar-refractivity contribution in [3.63, 3.8) is 0 Å². The fourth-order valence-corrected chi connectivity index (χ4v) is 3.24. The second-order valence-corrected chi connectivity index (χ2v) is 8.86. The van der Waals surface area contributed by atoms with Crippen LogP contribution in [-0.4, -0.2) is 42.3 Å². The van der Waals surface area contributed by atoms with Crippen molar-refractivity contribution in [3.05, 3.63) is 11.6 Å². The number of carbonyl (C=O) groups excluding carboxylic acids is 1. The van der Waals surface area contributed by atoms with Gasteiger partial charge in [0.1, 0.15) is 5.60 Å². The molecule has 1 aliphatic heterocycles. The van der Waals surface area contributed by atoms with Gasteiger partial charge in [-0.25, -0.2) is 4.79 Å². The van der Waals surface area contributed by atoms with Gasteiger partial charge in [0.15, 0.2) is 0 Å². The molecule has 0 bridgehead atoms. The molecule has 132 valence electrons. The first-order chi connectivity index (χ1) is 10.6. The summed E-state index contributed by atoms with van der Waals surface area (Å²) >= 11 is 0. The lowest BCUT2D eigenvalue weighted by Crippen LogP contribution is -2.41. The molecule has 1 aliphatic carbocycles. The topological polar surface area (TPSA) is 41.6 Å². The summed E-state index contributed by atoms with van der Waals surface area (Å²) in [4.78, 5) is 13.8. The molecule has 1 fully saturated rings. The Morgan fingerprint density at radius 2 is 2.00 bits per heavy atom. The van der Waals surface area contributed by atoms with E-state index in [1.54, 1.807) is 4.90 Å². The minimum atomic E-state index is -0.419. The Hall–Kier alpha value is -1.03. The average Bonchev–Trinajstić information content (AvgIpc) is 2.45. The highest BCUT2D eigenvalue weighted by molar-refractivity contribution is 5.68. The van der Waals surface area contributed by atoms with Gasteiger partial charge in [-0.3, -0.25) is 0 Å². The van der Waals surface area contributed by atoms with Gasteiger partial charge in [0, 0.05) is 25.7 Å². The smallest absolute Gasteiger partial charge is 0.410 e. The Morgan fingerprint density at radius 3 is 2.52 bits per heavy atom. The first kappa shape index (κ1) is 18.3. The molecule has 0 atom stereocenters. The minimum Gasteiger partial charge on any atom is -0.444 e. The third-order valence-electron chi connectivity index (χ3n) is 4.91. The number of rotatable bonds is 3. The summed E-state index contributed by atoms with van der Waals surface area (Å²) in [6.07, 6.45) is 8.13. The lowest BCUT2D eigenvalue weighted by atomic mass is 9.75. The zero-order valence-electron chi connectivity index (χ0n) is 15.6. The molecule has 0 spiro atoms. The third-order valence-corrected chi connectivity index (χ3v) is 4.91. The first-order valence-corrected chi connectivity index (χ1v) is 9.04. The summed E-state index contributed by atoms with van der Waals surface area (Å²) < 4.78 is 5.43. The molecular formula is C19H34N2O2. The van der Waals surface area contributed by atoms with Crippen LogP contribution in [0.15, 0.2) is 11.6 Å². The number of amides is 1. The van der Waals surface area contributed by atoms with Crippen molar-refractivity contribution in [1.82, 2.24) is 10.2 Å². The number of hydrogen-bond donors (Lipinski definition) is 1. The van der Waals surface area contributed by atoms with Gasteiger partial charge in [-0.15, -0.1) is 0 Å². The van der Waals surface area contributed by atoms with Crippen molar-refractivity contribution in [2.24, 2.45) is 5.41 Å². The number of ether oxygens (including phenoxy) is 1. The van der Waals surface area contributed by atoms with Crippen molar-refractivity contribution in [3.8, 4) is 0 Å². The minimum absolute atomic E-state index is 0.199.